The van der Waals surface area contributed by atoms with E-state index in [9.17, 15) is 9.59 Å². The highest BCUT2D eigenvalue weighted by molar-refractivity contribution is 6.13. The molecule has 0 aliphatic carbocycles. The number of hydrogen-bond acceptors (Lipinski definition) is 3. The van der Waals surface area contributed by atoms with Crippen molar-refractivity contribution in [1.82, 2.24) is 5.32 Å². The van der Waals surface area contributed by atoms with E-state index >= 15 is 0 Å². The molecular weight excluding hydrogens is 400 g/mol. The highest BCUT2D eigenvalue weighted by Gasteiger charge is 2.16. The number of rotatable bonds is 6. The molecule has 0 unspecified atom stereocenters. The zero-order valence-electron chi connectivity index (χ0n) is 17.5. The van der Waals surface area contributed by atoms with Crippen LogP contribution in [0.25, 0.3) is 16.8 Å². The van der Waals surface area contributed by atoms with Crippen LogP contribution in [0.3, 0.4) is 0 Å². The van der Waals surface area contributed by atoms with E-state index in [1.165, 1.54) is 0 Å². The number of ether oxygens (including phenoxy) is 1. The van der Waals surface area contributed by atoms with Crippen molar-refractivity contribution < 1.29 is 14.3 Å². The second kappa shape index (κ2) is 9.62. The molecule has 0 radical (unpaired) electrons. The van der Waals surface area contributed by atoms with Gasteiger partial charge in [0, 0.05) is 16.6 Å². The largest absolute Gasteiger partial charge is 0.497 e. The Bertz CT molecular complexity index is 1270. The topological polar surface area (TPSA) is 67.4 Å². The average Bonchev–Trinajstić information content (AvgIpc) is 2.84. The predicted molar refractivity (Wildman–Crippen MR) is 127 cm³/mol. The maximum atomic E-state index is 13.2. The van der Waals surface area contributed by atoms with Crippen LogP contribution in [0.4, 0.5) is 5.69 Å². The first-order valence-corrected chi connectivity index (χ1v) is 10.2. The zero-order chi connectivity index (χ0) is 22.3. The van der Waals surface area contributed by atoms with Crippen molar-refractivity contribution in [2.75, 3.05) is 12.4 Å². The molecule has 0 aliphatic rings. The van der Waals surface area contributed by atoms with Crippen molar-refractivity contribution in [3.05, 3.63) is 114 Å². The fraction of sp³-hybridized carbons (Fsp3) is 0.0370. The van der Waals surface area contributed by atoms with Crippen molar-refractivity contribution in [3.63, 3.8) is 0 Å². The molecule has 5 nitrogen and oxygen atoms in total. The minimum absolute atomic E-state index is 0.136. The first-order valence-electron chi connectivity index (χ1n) is 10.2. The summed E-state index contributed by atoms with van der Waals surface area (Å²) in [5.41, 5.74) is 2.02. The Morgan fingerprint density at radius 2 is 1.47 bits per heavy atom. The number of fused-ring (bicyclic) bond motifs is 1. The number of carbonyl (C=O) groups excluding carboxylic acids is 2. The van der Waals surface area contributed by atoms with Crippen LogP contribution >= 0.6 is 0 Å². The molecule has 4 aromatic rings. The van der Waals surface area contributed by atoms with E-state index < -0.39 is 5.91 Å². The molecule has 5 heteroatoms. The van der Waals surface area contributed by atoms with Crippen LogP contribution in [0.15, 0.2) is 103 Å². The van der Waals surface area contributed by atoms with E-state index in [-0.39, 0.29) is 11.6 Å². The third-order valence-electron chi connectivity index (χ3n) is 4.99. The van der Waals surface area contributed by atoms with Gasteiger partial charge in [-0.15, -0.1) is 0 Å². The first-order chi connectivity index (χ1) is 15.6. The van der Waals surface area contributed by atoms with Gasteiger partial charge in [-0.1, -0.05) is 66.7 Å². The van der Waals surface area contributed by atoms with Crippen molar-refractivity contribution in [1.29, 1.82) is 0 Å². The molecule has 0 bridgehead atoms. The molecule has 32 heavy (non-hydrogen) atoms. The average molecular weight is 422 g/mol. The maximum absolute atomic E-state index is 13.2. The monoisotopic (exact) mass is 422 g/mol. The van der Waals surface area contributed by atoms with Gasteiger partial charge >= 0.3 is 0 Å². The second-order valence-corrected chi connectivity index (χ2v) is 7.13. The summed E-state index contributed by atoms with van der Waals surface area (Å²) in [5, 5.41) is 7.63. The molecular formula is C27H22N2O3. The summed E-state index contributed by atoms with van der Waals surface area (Å²) in [6.45, 7) is 0. The molecule has 2 N–H and O–H groups in total. The van der Waals surface area contributed by atoms with Gasteiger partial charge in [-0.05, 0) is 47.4 Å². The van der Waals surface area contributed by atoms with Crippen LogP contribution in [0.2, 0.25) is 0 Å². The van der Waals surface area contributed by atoms with E-state index in [4.69, 9.17) is 4.74 Å². The number of nitrogens with one attached hydrogen (secondary N) is 2. The van der Waals surface area contributed by atoms with Gasteiger partial charge < -0.3 is 15.4 Å². The smallest absolute Gasteiger partial charge is 0.272 e. The van der Waals surface area contributed by atoms with Crippen LogP contribution in [-0.4, -0.2) is 18.9 Å². The molecule has 0 atom stereocenters. The molecule has 0 saturated heterocycles. The molecule has 0 fully saturated rings. The van der Waals surface area contributed by atoms with E-state index in [1.807, 2.05) is 60.7 Å². The lowest BCUT2D eigenvalue weighted by molar-refractivity contribution is -0.113. The van der Waals surface area contributed by atoms with Crippen LogP contribution in [0.1, 0.15) is 15.9 Å². The second-order valence-electron chi connectivity index (χ2n) is 7.13. The van der Waals surface area contributed by atoms with Gasteiger partial charge in [0.1, 0.15) is 11.4 Å². The molecule has 0 aliphatic heterocycles. The maximum Gasteiger partial charge on any atom is 0.272 e. The Kier molecular flexibility index (Phi) is 6.28. The number of hydrogen-bond donors (Lipinski definition) is 2. The van der Waals surface area contributed by atoms with Gasteiger partial charge in [0.2, 0.25) is 0 Å². The number of amides is 2. The van der Waals surface area contributed by atoms with E-state index in [1.54, 1.807) is 49.6 Å². The van der Waals surface area contributed by atoms with Gasteiger partial charge in [-0.25, -0.2) is 0 Å². The summed E-state index contributed by atoms with van der Waals surface area (Å²) >= 11 is 0. The van der Waals surface area contributed by atoms with Crippen molar-refractivity contribution in [2.24, 2.45) is 0 Å². The van der Waals surface area contributed by atoms with Gasteiger partial charge in [-0.2, -0.15) is 0 Å². The van der Waals surface area contributed by atoms with Crippen LogP contribution < -0.4 is 15.4 Å². The summed E-state index contributed by atoms with van der Waals surface area (Å²) in [4.78, 5) is 26.0. The number of anilines is 1. The Morgan fingerprint density at radius 3 is 2.22 bits per heavy atom. The Balaban J connectivity index is 1.66. The van der Waals surface area contributed by atoms with Gasteiger partial charge in [0.15, 0.2) is 0 Å². The zero-order valence-corrected chi connectivity index (χ0v) is 17.5. The minimum atomic E-state index is -0.415. The van der Waals surface area contributed by atoms with Crippen molar-refractivity contribution in [3.8, 4) is 5.75 Å². The summed E-state index contributed by atoms with van der Waals surface area (Å²) < 4.78 is 5.19. The molecule has 0 saturated carbocycles. The number of benzene rings is 4. The Morgan fingerprint density at radius 1 is 0.781 bits per heavy atom. The van der Waals surface area contributed by atoms with Crippen molar-refractivity contribution in [2.45, 2.75) is 0 Å². The van der Waals surface area contributed by atoms with Crippen molar-refractivity contribution >= 4 is 34.4 Å². The van der Waals surface area contributed by atoms with Crippen LogP contribution in [0.5, 0.6) is 5.75 Å². The molecule has 2 amide bonds. The van der Waals surface area contributed by atoms with E-state index in [0.717, 1.165) is 16.3 Å². The summed E-state index contributed by atoms with van der Waals surface area (Å²) in [7, 11) is 1.59. The molecule has 4 rings (SSSR count). The van der Waals surface area contributed by atoms with Gasteiger partial charge in [-0.3, -0.25) is 9.59 Å². The first kappa shape index (κ1) is 20.9. The number of carbonyl (C=O) groups is 2. The lowest BCUT2D eigenvalue weighted by Crippen LogP contribution is -2.30. The molecule has 4 aromatic carbocycles. The normalized spacial score (nSPS) is 11.1. The van der Waals surface area contributed by atoms with E-state index in [2.05, 4.69) is 10.6 Å². The van der Waals surface area contributed by atoms with Gasteiger partial charge in [0.25, 0.3) is 11.8 Å². The SMILES string of the molecule is COc1ccc(/C=C(/NC(=O)c2ccccc2)C(=O)Nc2cccc3ccccc23)cc1. The lowest BCUT2D eigenvalue weighted by Gasteiger charge is -2.13. The fourth-order valence-electron chi connectivity index (χ4n) is 3.33. The Hall–Kier alpha value is -4.38. The fourth-order valence-corrected chi connectivity index (χ4v) is 3.33. The lowest BCUT2D eigenvalue weighted by atomic mass is 10.1. The molecule has 158 valence electrons. The summed E-state index contributed by atoms with van der Waals surface area (Å²) in [6.07, 6.45) is 1.64. The van der Waals surface area contributed by atoms with Crippen LogP contribution in [-0.2, 0) is 4.79 Å². The highest BCUT2D eigenvalue weighted by Crippen LogP contribution is 2.23. The summed E-state index contributed by atoms with van der Waals surface area (Å²) in [6, 6.07) is 29.5. The van der Waals surface area contributed by atoms with Gasteiger partial charge in [0.05, 0.1) is 7.11 Å². The van der Waals surface area contributed by atoms with Crippen LogP contribution in [0, 0.1) is 0 Å². The van der Waals surface area contributed by atoms with E-state index in [0.29, 0.717) is 17.0 Å². The molecule has 0 spiro atoms. The Labute approximate surface area is 186 Å². The third-order valence-corrected chi connectivity index (χ3v) is 4.99. The minimum Gasteiger partial charge on any atom is -0.497 e. The molecule has 0 aromatic heterocycles. The third kappa shape index (κ3) is 4.84. The standard InChI is InChI=1S/C27H22N2O3/c1-32-22-16-14-19(15-17-22)18-25(29-26(30)21-9-3-2-4-10-21)27(31)28-24-13-7-11-20-8-5-6-12-23(20)24/h2-18H,1H3,(H,28,31)(H,29,30)/b25-18+. The predicted octanol–water partition coefficient (Wildman–Crippen LogP) is 5.26. The molecule has 0 heterocycles. The summed E-state index contributed by atoms with van der Waals surface area (Å²) in [5.74, 6) is -0.0721. The quantitative estimate of drug-likeness (QED) is 0.417. The number of methoxy groups -OCH3 is 1. The highest BCUT2D eigenvalue weighted by atomic mass is 16.5.